The Morgan fingerprint density at radius 2 is 1.64 bits per heavy atom. The Hall–Kier alpha value is -3.58. The molecule has 0 aliphatic carbocycles. The highest BCUT2D eigenvalue weighted by Crippen LogP contribution is 2.24. The molecule has 0 bridgehead atoms. The summed E-state index contributed by atoms with van der Waals surface area (Å²) in [6.45, 7) is 0.435. The molecule has 4 nitrogen and oxygen atoms in total. The average Bonchev–Trinajstić information content (AvgIpc) is 2.73. The molecule has 0 unspecified atom stereocenters. The van der Waals surface area contributed by atoms with Crippen LogP contribution in [0, 0.1) is 11.3 Å². The highest BCUT2D eigenvalue weighted by atomic mass is 16.5. The van der Waals surface area contributed by atoms with Crippen LogP contribution in [0.15, 0.2) is 72.8 Å². The molecule has 0 amide bonds. The van der Waals surface area contributed by atoms with Crippen molar-refractivity contribution in [3.63, 3.8) is 0 Å². The Bertz CT molecular complexity index is 990. The maximum absolute atomic E-state index is 11.3. The van der Waals surface area contributed by atoms with Gasteiger partial charge in [-0.25, -0.2) is 4.79 Å². The van der Waals surface area contributed by atoms with Crippen LogP contribution in [0.25, 0.3) is 0 Å². The Morgan fingerprint density at radius 3 is 2.39 bits per heavy atom. The van der Waals surface area contributed by atoms with Gasteiger partial charge in [-0.3, -0.25) is 0 Å². The van der Waals surface area contributed by atoms with E-state index in [-0.39, 0.29) is 0 Å². The van der Waals surface area contributed by atoms with Gasteiger partial charge in [-0.2, -0.15) is 5.26 Å². The van der Waals surface area contributed by atoms with Crippen molar-refractivity contribution in [1.29, 1.82) is 5.26 Å². The zero-order chi connectivity index (χ0) is 19.8. The van der Waals surface area contributed by atoms with Crippen molar-refractivity contribution in [2.45, 2.75) is 25.9 Å². The fourth-order valence-corrected chi connectivity index (χ4v) is 3.12. The normalized spacial score (nSPS) is 10.2. The first-order valence-electron chi connectivity index (χ1n) is 9.18. The summed E-state index contributed by atoms with van der Waals surface area (Å²) in [6, 6.07) is 24.6. The molecule has 28 heavy (non-hydrogen) atoms. The van der Waals surface area contributed by atoms with Gasteiger partial charge in [0, 0.05) is 0 Å². The van der Waals surface area contributed by atoms with Crippen molar-refractivity contribution in [1.82, 2.24) is 0 Å². The topological polar surface area (TPSA) is 70.3 Å². The highest BCUT2D eigenvalue weighted by molar-refractivity contribution is 5.89. The third kappa shape index (κ3) is 4.99. The van der Waals surface area contributed by atoms with Crippen LogP contribution in [0.1, 0.15) is 39.0 Å². The lowest BCUT2D eigenvalue weighted by molar-refractivity contribution is 0.0695. The van der Waals surface area contributed by atoms with E-state index in [4.69, 9.17) is 4.74 Å². The smallest absolute Gasteiger partial charge is 0.335 e. The first kappa shape index (κ1) is 19.2. The number of ether oxygens (including phenoxy) is 1. The molecule has 3 aromatic carbocycles. The van der Waals surface area contributed by atoms with Gasteiger partial charge in [-0.15, -0.1) is 0 Å². The monoisotopic (exact) mass is 371 g/mol. The van der Waals surface area contributed by atoms with Crippen LogP contribution in [-0.2, 0) is 19.4 Å². The molecule has 0 saturated heterocycles. The van der Waals surface area contributed by atoms with Crippen molar-refractivity contribution in [3.8, 4) is 11.8 Å². The Morgan fingerprint density at radius 1 is 0.929 bits per heavy atom. The lowest BCUT2D eigenvalue weighted by Crippen LogP contribution is -2.03. The average molecular weight is 371 g/mol. The standard InChI is InChI=1S/C24H21NO3/c25-16-19-13-14-21(23(15-19)28-17-18-7-2-1-3-8-18)11-6-10-20-9-4-5-12-22(20)24(26)27/h1-5,7-9,12-15H,6,10-11,17H2,(H,26,27). The maximum Gasteiger partial charge on any atom is 0.335 e. The zero-order valence-electron chi connectivity index (χ0n) is 15.5. The molecule has 0 aromatic heterocycles. The Labute approximate surface area is 164 Å². The van der Waals surface area contributed by atoms with E-state index in [1.807, 2.05) is 48.5 Å². The molecule has 0 aliphatic rings. The first-order valence-corrected chi connectivity index (χ1v) is 9.18. The number of nitriles is 1. The second kappa shape index (κ2) is 9.38. The van der Waals surface area contributed by atoms with Crippen LogP contribution in [0.4, 0.5) is 0 Å². The largest absolute Gasteiger partial charge is 0.489 e. The van der Waals surface area contributed by atoms with Gasteiger partial charge in [0.05, 0.1) is 17.2 Å². The zero-order valence-corrected chi connectivity index (χ0v) is 15.5. The molecule has 4 heteroatoms. The summed E-state index contributed by atoms with van der Waals surface area (Å²) in [6.07, 6.45) is 2.20. The second-order valence-electron chi connectivity index (χ2n) is 6.52. The highest BCUT2D eigenvalue weighted by Gasteiger charge is 2.10. The molecule has 0 atom stereocenters. The summed E-state index contributed by atoms with van der Waals surface area (Å²) in [7, 11) is 0. The summed E-state index contributed by atoms with van der Waals surface area (Å²) in [5, 5.41) is 18.5. The lowest BCUT2D eigenvalue weighted by Gasteiger charge is -2.13. The summed E-state index contributed by atoms with van der Waals surface area (Å²) >= 11 is 0. The van der Waals surface area contributed by atoms with Crippen LogP contribution in [-0.4, -0.2) is 11.1 Å². The van der Waals surface area contributed by atoms with Gasteiger partial charge in [-0.05, 0) is 54.2 Å². The number of aryl methyl sites for hydroxylation is 2. The minimum atomic E-state index is -0.902. The van der Waals surface area contributed by atoms with Crippen LogP contribution >= 0.6 is 0 Å². The lowest BCUT2D eigenvalue weighted by atomic mass is 9.99. The molecule has 0 saturated carbocycles. The molecule has 0 radical (unpaired) electrons. The van der Waals surface area contributed by atoms with E-state index in [1.165, 1.54) is 0 Å². The van der Waals surface area contributed by atoms with E-state index < -0.39 is 5.97 Å². The van der Waals surface area contributed by atoms with Crippen LogP contribution in [0.2, 0.25) is 0 Å². The fraction of sp³-hybridized carbons (Fsp3) is 0.167. The minimum Gasteiger partial charge on any atom is -0.489 e. The fourth-order valence-electron chi connectivity index (χ4n) is 3.12. The number of rotatable bonds is 8. The van der Waals surface area contributed by atoms with E-state index in [0.29, 0.717) is 29.9 Å². The van der Waals surface area contributed by atoms with Gasteiger partial charge in [0.2, 0.25) is 0 Å². The number of carbonyl (C=O) groups is 1. The second-order valence-corrected chi connectivity index (χ2v) is 6.52. The summed E-state index contributed by atoms with van der Waals surface area (Å²) in [4.78, 5) is 11.3. The van der Waals surface area contributed by atoms with E-state index in [2.05, 4.69) is 6.07 Å². The molecular formula is C24H21NO3. The van der Waals surface area contributed by atoms with Crippen molar-refractivity contribution >= 4 is 5.97 Å². The number of carboxylic acids is 1. The van der Waals surface area contributed by atoms with Crippen LogP contribution in [0.5, 0.6) is 5.75 Å². The van der Waals surface area contributed by atoms with Gasteiger partial charge < -0.3 is 9.84 Å². The third-order valence-corrected chi connectivity index (χ3v) is 4.57. The Balaban J connectivity index is 1.69. The van der Waals surface area contributed by atoms with Crippen molar-refractivity contribution in [3.05, 3.63) is 101 Å². The quantitative estimate of drug-likeness (QED) is 0.604. The molecule has 140 valence electrons. The van der Waals surface area contributed by atoms with Gasteiger partial charge in [0.25, 0.3) is 0 Å². The summed E-state index contributed by atoms with van der Waals surface area (Å²) in [5.74, 6) is -0.199. The molecular weight excluding hydrogens is 350 g/mol. The van der Waals surface area contributed by atoms with E-state index in [0.717, 1.165) is 29.5 Å². The first-order chi connectivity index (χ1) is 13.7. The number of benzene rings is 3. The van der Waals surface area contributed by atoms with Gasteiger partial charge in [-0.1, -0.05) is 54.6 Å². The molecule has 0 spiro atoms. The summed E-state index contributed by atoms with van der Waals surface area (Å²) in [5.41, 5.74) is 3.82. The maximum atomic E-state index is 11.3. The minimum absolute atomic E-state index is 0.350. The number of hydrogen-bond donors (Lipinski definition) is 1. The molecule has 0 aliphatic heterocycles. The van der Waals surface area contributed by atoms with Crippen LogP contribution in [0.3, 0.4) is 0 Å². The number of carboxylic acid groups (broad SMARTS) is 1. The predicted octanol–water partition coefficient (Wildman–Crippen LogP) is 5.01. The molecule has 3 rings (SSSR count). The van der Waals surface area contributed by atoms with Crippen molar-refractivity contribution in [2.75, 3.05) is 0 Å². The SMILES string of the molecule is N#Cc1ccc(CCCc2ccccc2C(=O)O)c(OCc2ccccc2)c1. The van der Waals surface area contributed by atoms with Gasteiger partial charge >= 0.3 is 5.97 Å². The number of nitrogens with zero attached hydrogens (tertiary/aromatic N) is 1. The van der Waals surface area contributed by atoms with E-state index in [1.54, 1.807) is 24.3 Å². The van der Waals surface area contributed by atoms with Gasteiger partial charge in [0.1, 0.15) is 12.4 Å². The van der Waals surface area contributed by atoms with E-state index in [9.17, 15) is 15.2 Å². The number of aromatic carboxylic acids is 1. The van der Waals surface area contributed by atoms with Crippen LogP contribution < -0.4 is 4.74 Å². The predicted molar refractivity (Wildman–Crippen MR) is 107 cm³/mol. The third-order valence-electron chi connectivity index (χ3n) is 4.57. The van der Waals surface area contributed by atoms with Crippen molar-refractivity contribution in [2.24, 2.45) is 0 Å². The summed E-state index contributed by atoms with van der Waals surface area (Å²) < 4.78 is 5.99. The van der Waals surface area contributed by atoms with E-state index >= 15 is 0 Å². The molecule has 0 heterocycles. The van der Waals surface area contributed by atoms with Crippen molar-refractivity contribution < 1.29 is 14.6 Å². The molecule has 0 fully saturated rings. The van der Waals surface area contributed by atoms with Gasteiger partial charge in [0.15, 0.2) is 0 Å². The molecule has 3 aromatic rings. The Kier molecular flexibility index (Phi) is 6.43. The molecule has 1 N–H and O–H groups in total. The number of hydrogen-bond acceptors (Lipinski definition) is 3.